The Bertz CT molecular complexity index is 710. The summed E-state index contributed by atoms with van der Waals surface area (Å²) in [4.78, 5) is 4.55. The van der Waals surface area contributed by atoms with E-state index < -0.39 is 0 Å². The topological polar surface area (TPSA) is 80.9 Å². The molecule has 0 spiro atoms. The summed E-state index contributed by atoms with van der Waals surface area (Å²) in [5.74, 6) is 3.41. The number of benzene rings is 1. The first kappa shape index (κ1) is 20.6. The molecule has 0 aliphatic rings. The average molecular weight is 374 g/mol. The van der Waals surface area contributed by atoms with Crippen LogP contribution in [-0.4, -0.2) is 37.4 Å². The van der Waals surface area contributed by atoms with Gasteiger partial charge in [0.05, 0.1) is 19.3 Å². The van der Waals surface area contributed by atoms with Crippen LogP contribution in [0.5, 0.6) is 11.5 Å². The van der Waals surface area contributed by atoms with Crippen LogP contribution in [0.25, 0.3) is 0 Å². The van der Waals surface area contributed by atoms with Gasteiger partial charge < -0.3 is 24.6 Å². The Morgan fingerprint density at radius 2 is 1.85 bits per heavy atom. The van der Waals surface area contributed by atoms with Gasteiger partial charge in [0.2, 0.25) is 0 Å². The van der Waals surface area contributed by atoms with Crippen LogP contribution in [0, 0.1) is 0 Å². The highest BCUT2D eigenvalue weighted by Gasteiger charge is 2.09. The number of methoxy groups -OCH3 is 1. The Hall–Kier alpha value is -2.70. The highest BCUT2D eigenvalue weighted by molar-refractivity contribution is 5.79. The Morgan fingerprint density at radius 3 is 2.44 bits per heavy atom. The van der Waals surface area contributed by atoms with Gasteiger partial charge in [0, 0.05) is 12.6 Å². The summed E-state index contributed by atoms with van der Waals surface area (Å²) in [6.45, 7) is 10.0. The van der Waals surface area contributed by atoms with Crippen molar-refractivity contribution in [1.82, 2.24) is 15.8 Å². The lowest BCUT2D eigenvalue weighted by Gasteiger charge is -2.17. The first-order valence-corrected chi connectivity index (χ1v) is 9.30. The number of aliphatic imine (C=N–C) groups is 1. The summed E-state index contributed by atoms with van der Waals surface area (Å²) in [6.07, 6.45) is -0.0277. The third kappa shape index (κ3) is 6.84. The van der Waals surface area contributed by atoms with Crippen LogP contribution in [0.4, 0.5) is 0 Å². The summed E-state index contributed by atoms with van der Waals surface area (Å²) in [7, 11) is 1.65. The second kappa shape index (κ2) is 10.4. The second-order valence-corrected chi connectivity index (χ2v) is 6.55. The molecule has 2 aromatic rings. The largest absolute Gasteiger partial charge is 0.497 e. The van der Waals surface area contributed by atoms with Gasteiger partial charge in [0.1, 0.15) is 24.1 Å². The van der Waals surface area contributed by atoms with Gasteiger partial charge in [-0.3, -0.25) is 0 Å². The molecule has 0 aliphatic carbocycles. The van der Waals surface area contributed by atoms with Gasteiger partial charge in [-0.15, -0.1) is 0 Å². The molecule has 2 N–H and O–H groups in total. The first-order valence-electron chi connectivity index (χ1n) is 9.30. The van der Waals surface area contributed by atoms with Crippen molar-refractivity contribution in [2.45, 2.75) is 46.3 Å². The third-order valence-corrected chi connectivity index (χ3v) is 3.86. The van der Waals surface area contributed by atoms with E-state index in [0.29, 0.717) is 25.0 Å². The van der Waals surface area contributed by atoms with Gasteiger partial charge in [-0.05, 0) is 44.0 Å². The van der Waals surface area contributed by atoms with Crippen LogP contribution >= 0.6 is 0 Å². The minimum absolute atomic E-state index is 0.0277. The molecule has 1 aromatic heterocycles. The SMILES string of the molecule is CCNC(=NCc1cc(C(C)C)no1)NCC(C)Oc1ccc(OC)cc1. The number of ether oxygens (including phenoxy) is 2. The zero-order valence-electron chi connectivity index (χ0n) is 16.8. The lowest BCUT2D eigenvalue weighted by molar-refractivity contribution is 0.223. The summed E-state index contributed by atoms with van der Waals surface area (Å²) in [5.41, 5.74) is 0.944. The normalized spacial score (nSPS) is 12.7. The summed E-state index contributed by atoms with van der Waals surface area (Å²) in [5, 5.41) is 10.6. The molecule has 0 fully saturated rings. The maximum Gasteiger partial charge on any atom is 0.191 e. The molecule has 7 heteroatoms. The van der Waals surface area contributed by atoms with Crippen LogP contribution in [-0.2, 0) is 6.54 Å². The first-order chi connectivity index (χ1) is 13.0. The van der Waals surface area contributed by atoms with E-state index in [0.717, 1.165) is 29.5 Å². The van der Waals surface area contributed by atoms with Crippen LogP contribution in [0.1, 0.15) is 45.1 Å². The van der Waals surface area contributed by atoms with Gasteiger partial charge in [0.15, 0.2) is 11.7 Å². The van der Waals surface area contributed by atoms with E-state index in [1.54, 1.807) is 7.11 Å². The average Bonchev–Trinajstić information content (AvgIpc) is 3.14. The van der Waals surface area contributed by atoms with E-state index in [-0.39, 0.29) is 6.10 Å². The minimum Gasteiger partial charge on any atom is -0.497 e. The Labute approximate surface area is 161 Å². The van der Waals surface area contributed by atoms with Gasteiger partial charge in [-0.25, -0.2) is 4.99 Å². The van der Waals surface area contributed by atoms with E-state index in [1.165, 1.54) is 0 Å². The minimum atomic E-state index is -0.0277. The monoisotopic (exact) mass is 374 g/mol. The van der Waals surface area contributed by atoms with Crippen molar-refractivity contribution >= 4 is 5.96 Å². The standard InChI is InChI=1S/C20H30N4O3/c1-6-21-20(23-13-18-11-19(14(2)3)24-27-18)22-12-15(4)26-17-9-7-16(25-5)8-10-17/h7-11,14-15H,6,12-13H2,1-5H3,(H2,21,22,23). The predicted molar refractivity (Wildman–Crippen MR) is 106 cm³/mol. The van der Waals surface area contributed by atoms with Crippen molar-refractivity contribution < 1.29 is 14.0 Å². The molecule has 1 heterocycles. The number of rotatable bonds is 9. The van der Waals surface area contributed by atoms with Crippen LogP contribution < -0.4 is 20.1 Å². The second-order valence-electron chi connectivity index (χ2n) is 6.55. The Morgan fingerprint density at radius 1 is 1.15 bits per heavy atom. The molecule has 0 saturated heterocycles. The molecule has 1 unspecified atom stereocenters. The van der Waals surface area contributed by atoms with Crippen molar-refractivity contribution in [2.24, 2.45) is 4.99 Å². The van der Waals surface area contributed by atoms with Crippen molar-refractivity contribution in [1.29, 1.82) is 0 Å². The van der Waals surface area contributed by atoms with Gasteiger partial charge in [0.25, 0.3) is 0 Å². The zero-order chi connectivity index (χ0) is 19.6. The van der Waals surface area contributed by atoms with E-state index in [1.807, 2.05) is 44.2 Å². The van der Waals surface area contributed by atoms with Crippen LogP contribution in [0.2, 0.25) is 0 Å². The fraction of sp³-hybridized carbons (Fsp3) is 0.500. The van der Waals surface area contributed by atoms with E-state index in [9.17, 15) is 0 Å². The lowest BCUT2D eigenvalue weighted by atomic mass is 10.1. The molecule has 7 nitrogen and oxygen atoms in total. The molecule has 0 radical (unpaired) electrons. The van der Waals surface area contributed by atoms with Gasteiger partial charge in [-0.1, -0.05) is 19.0 Å². The van der Waals surface area contributed by atoms with E-state index >= 15 is 0 Å². The number of guanidine groups is 1. The molecular weight excluding hydrogens is 344 g/mol. The highest BCUT2D eigenvalue weighted by Crippen LogP contribution is 2.18. The van der Waals surface area contributed by atoms with Crippen molar-refractivity contribution in [3.63, 3.8) is 0 Å². The molecule has 0 bridgehead atoms. The fourth-order valence-corrected chi connectivity index (χ4v) is 2.34. The maximum atomic E-state index is 5.91. The molecular formula is C20H30N4O3. The van der Waals surface area contributed by atoms with Crippen molar-refractivity contribution in [3.8, 4) is 11.5 Å². The summed E-state index contributed by atoms with van der Waals surface area (Å²) >= 11 is 0. The van der Waals surface area contributed by atoms with Crippen LogP contribution in [0.3, 0.4) is 0 Å². The number of nitrogens with one attached hydrogen (secondary N) is 2. The molecule has 1 atom stereocenters. The fourth-order valence-electron chi connectivity index (χ4n) is 2.34. The number of hydrogen-bond acceptors (Lipinski definition) is 5. The van der Waals surface area contributed by atoms with Crippen molar-refractivity contribution in [2.75, 3.05) is 20.2 Å². The lowest BCUT2D eigenvalue weighted by Crippen LogP contribution is -2.41. The zero-order valence-corrected chi connectivity index (χ0v) is 16.8. The number of aromatic nitrogens is 1. The van der Waals surface area contributed by atoms with E-state index in [2.05, 4.69) is 34.6 Å². The number of hydrogen-bond donors (Lipinski definition) is 2. The molecule has 0 saturated carbocycles. The molecule has 1 aromatic carbocycles. The molecule has 0 amide bonds. The summed E-state index contributed by atoms with van der Waals surface area (Å²) in [6, 6.07) is 9.50. The van der Waals surface area contributed by atoms with Crippen molar-refractivity contribution in [3.05, 3.63) is 41.8 Å². The maximum absolute atomic E-state index is 5.91. The molecule has 27 heavy (non-hydrogen) atoms. The Balaban J connectivity index is 1.86. The smallest absolute Gasteiger partial charge is 0.191 e. The summed E-state index contributed by atoms with van der Waals surface area (Å²) < 4.78 is 16.4. The number of nitrogens with zero attached hydrogens (tertiary/aromatic N) is 2. The van der Waals surface area contributed by atoms with Gasteiger partial charge in [-0.2, -0.15) is 0 Å². The quantitative estimate of drug-likeness (QED) is 0.518. The molecule has 148 valence electrons. The Kier molecular flexibility index (Phi) is 7.98. The predicted octanol–water partition coefficient (Wildman–Crippen LogP) is 3.33. The molecule has 0 aliphatic heterocycles. The highest BCUT2D eigenvalue weighted by atomic mass is 16.5. The third-order valence-electron chi connectivity index (χ3n) is 3.86. The van der Waals surface area contributed by atoms with E-state index in [4.69, 9.17) is 14.0 Å². The van der Waals surface area contributed by atoms with Gasteiger partial charge >= 0.3 is 0 Å². The molecule has 2 rings (SSSR count). The van der Waals surface area contributed by atoms with Crippen LogP contribution in [0.15, 0.2) is 39.8 Å².